The average molecular weight is 303 g/mol. The van der Waals surface area contributed by atoms with E-state index in [1.54, 1.807) is 18.1 Å². The summed E-state index contributed by atoms with van der Waals surface area (Å²) in [7, 11) is 1.74. The summed E-state index contributed by atoms with van der Waals surface area (Å²) < 4.78 is 0. The van der Waals surface area contributed by atoms with E-state index >= 15 is 0 Å². The highest BCUT2D eigenvalue weighted by atomic mass is 16.4. The van der Waals surface area contributed by atoms with Crippen molar-refractivity contribution >= 4 is 17.7 Å². The number of carboxylic acid groups (broad SMARTS) is 1. The number of aliphatic carboxylic acids is 1. The SMILES string of the molecule is Cc1ccnc(N2CCC3(CC2)C(C(=O)O)CC(=O)N3C)c1. The molecule has 2 saturated heterocycles. The predicted molar refractivity (Wildman–Crippen MR) is 81.7 cm³/mol. The summed E-state index contributed by atoms with van der Waals surface area (Å²) in [4.78, 5) is 31.8. The Bertz CT molecular complexity index is 608. The van der Waals surface area contributed by atoms with Gasteiger partial charge in [-0.25, -0.2) is 4.98 Å². The summed E-state index contributed by atoms with van der Waals surface area (Å²) in [6.45, 7) is 3.47. The highest BCUT2D eigenvalue weighted by molar-refractivity contribution is 5.88. The van der Waals surface area contributed by atoms with Gasteiger partial charge in [-0.3, -0.25) is 9.59 Å². The Morgan fingerprint density at radius 1 is 1.41 bits per heavy atom. The number of anilines is 1. The van der Waals surface area contributed by atoms with Gasteiger partial charge in [0.05, 0.1) is 11.5 Å². The second-order valence-corrected chi connectivity index (χ2v) is 6.33. The number of piperidine rings is 1. The molecule has 22 heavy (non-hydrogen) atoms. The van der Waals surface area contributed by atoms with Gasteiger partial charge in [0.2, 0.25) is 5.91 Å². The van der Waals surface area contributed by atoms with E-state index in [0.717, 1.165) is 24.5 Å². The predicted octanol–water partition coefficient (Wildman–Crippen LogP) is 1.29. The van der Waals surface area contributed by atoms with Gasteiger partial charge in [-0.15, -0.1) is 0 Å². The van der Waals surface area contributed by atoms with Crippen LogP contribution in [0.2, 0.25) is 0 Å². The monoisotopic (exact) mass is 303 g/mol. The molecule has 1 spiro atoms. The van der Waals surface area contributed by atoms with Gasteiger partial charge in [0.15, 0.2) is 0 Å². The number of pyridine rings is 1. The number of amides is 1. The molecular formula is C16H21N3O3. The highest BCUT2D eigenvalue weighted by Gasteiger charge is 2.55. The molecule has 1 N–H and O–H groups in total. The zero-order valence-corrected chi connectivity index (χ0v) is 13.0. The van der Waals surface area contributed by atoms with Crippen LogP contribution in [0.4, 0.5) is 5.82 Å². The maximum atomic E-state index is 12.0. The Hall–Kier alpha value is -2.11. The molecule has 1 amide bonds. The standard InChI is InChI=1S/C16H21N3O3/c1-11-3-6-17-13(9-11)19-7-4-16(5-8-19)12(15(21)22)10-14(20)18(16)2/h3,6,9,12H,4-5,7-8,10H2,1-2H3,(H,21,22). The number of rotatable bonds is 2. The van der Waals surface area contributed by atoms with Crippen molar-refractivity contribution < 1.29 is 14.7 Å². The zero-order valence-electron chi connectivity index (χ0n) is 13.0. The smallest absolute Gasteiger partial charge is 0.309 e. The first-order valence-corrected chi connectivity index (χ1v) is 7.61. The molecule has 0 saturated carbocycles. The molecule has 0 radical (unpaired) electrons. The lowest BCUT2D eigenvalue weighted by molar-refractivity contribution is -0.145. The summed E-state index contributed by atoms with van der Waals surface area (Å²) in [6, 6.07) is 4.00. The molecule has 3 rings (SSSR count). The van der Waals surface area contributed by atoms with E-state index in [0.29, 0.717) is 12.8 Å². The number of hydrogen-bond acceptors (Lipinski definition) is 4. The molecule has 0 bridgehead atoms. The van der Waals surface area contributed by atoms with Gasteiger partial charge in [-0.05, 0) is 37.5 Å². The van der Waals surface area contributed by atoms with Crippen LogP contribution in [0.5, 0.6) is 0 Å². The van der Waals surface area contributed by atoms with E-state index in [9.17, 15) is 14.7 Å². The lowest BCUT2D eigenvalue weighted by Crippen LogP contribution is -2.56. The normalized spacial score (nSPS) is 24.1. The Labute approximate surface area is 129 Å². The van der Waals surface area contributed by atoms with Gasteiger partial charge in [-0.1, -0.05) is 0 Å². The largest absolute Gasteiger partial charge is 0.481 e. The summed E-state index contributed by atoms with van der Waals surface area (Å²) in [5.41, 5.74) is 0.616. The molecule has 0 aromatic carbocycles. The van der Waals surface area contributed by atoms with Crippen LogP contribution in [0, 0.1) is 12.8 Å². The summed E-state index contributed by atoms with van der Waals surface area (Å²) in [5, 5.41) is 9.48. The summed E-state index contributed by atoms with van der Waals surface area (Å²) in [6.07, 6.45) is 3.25. The van der Waals surface area contributed by atoms with E-state index in [1.807, 2.05) is 19.1 Å². The number of likely N-dealkylation sites (tertiary alicyclic amines) is 1. The molecule has 6 nitrogen and oxygen atoms in total. The van der Waals surface area contributed by atoms with Crippen LogP contribution in [0.25, 0.3) is 0 Å². The third kappa shape index (κ3) is 2.23. The van der Waals surface area contributed by atoms with Crippen molar-refractivity contribution in [1.29, 1.82) is 0 Å². The molecule has 3 heterocycles. The molecule has 2 aliphatic heterocycles. The molecule has 0 aliphatic carbocycles. The molecule has 6 heteroatoms. The number of carboxylic acids is 1. The van der Waals surface area contributed by atoms with Crippen molar-refractivity contribution in [3.05, 3.63) is 23.9 Å². The molecule has 2 aliphatic rings. The fourth-order valence-electron chi connectivity index (χ4n) is 3.80. The lowest BCUT2D eigenvalue weighted by Gasteiger charge is -2.45. The quantitative estimate of drug-likeness (QED) is 0.891. The van der Waals surface area contributed by atoms with Crippen molar-refractivity contribution in [2.45, 2.75) is 31.7 Å². The van der Waals surface area contributed by atoms with Crippen molar-refractivity contribution in [1.82, 2.24) is 9.88 Å². The third-order valence-corrected chi connectivity index (χ3v) is 5.22. The van der Waals surface area contributed by atoms with Gasteiger partial charge in [0.25, 0.3) is 0 Å². The minimum Gasteiger partial charge on any atom is -0.481 e. The Kier molecular flexibility index (Phi) is 3.54. The number of hydrogen-bond donors (Lipinski definition) is 1. The van der Waals surface area contributed by atoms with Crippen LogP contribution in [0.1, 0.15) is 24.8 Å². The van der Waals surface area contributed by atoms with Gasteiger partial charge in [0, 0.05) is 32.8 Å². The van der Waals surface area contributed by atoms with E-state index in [2.05, 4.69) is 9.88 Å². The van der Waals surface area contributed by atoms with Gasteiger partial charge >= 0.3 is 5.97 Å². The summed E-state index contributed by atoms with van der Waals surface area (Å²) in [5.74, 6) is -0.597. The van der Waals surface area contributed by atoms with Crippen LogP contribution >= 0.6 is 0 Å². The molecule has 1 aromatic heterocycles. The van der Waals surface area contributed by atoms with Crippen LogP contribution in [-0.4, -0.2) is 52.5 Å². The fraction of sp³-hybridized carbons (Fsp3) is 0.562. The lowest BCUT2D eigenvalue weighted by atomic mass is 9.77. The summed E-state index contributed by atoms with van der Waals surface area (Å²) >= 11 is 0. The second-order valence-electron chi connectivity index (χ2n) is 6.33. The number of aromatic nitrogens is 1. The zero-order chi connectivity index (χ0) is 15.9. The van der Waals surface area contributed by atoms with Gasteiger partial charge in [0.1, 0.15) is 5.82 Å². The third-order valence-electron chi connectivity index (χ3n) is 5.22. The van der Waals surface area contributed by atoms with Crippen molar-refractivity contribution in [3.8, 4) is 0 Å². The van der Waals surface area contributed by atoms with Crippen molar-refractivity contribution in [2.75, 3.05) is 25.0 Å². The molecule has 1 aromatic rings. The molecule has 118 valence electrons. The Morgan fingerprint density at radius 3 is 2.68 bits per heavy atom. The molecule has 1 atom stereocenters. The first-order valence-electron chi connectivity index (χ1n) is 7.61. The fourth-order valence-corrected chi connectivity index (χ4v) is 3.80. The molecule has 2 fully saturated rings. The van der Waals surface area contributed by atoms with E-state index in [1.165, 1.54) is 0 Å². The van der Waals surface area contributed by atoms with Crippen LogP contribution < -0.4 is 4.90 Å². The number of nitrogens with zero attached hydrogens (tertiary/aromatic N) is 3. The maximum absolute atomic E-state index is 12.0. The van der Waals surface area contributed by atoms with Gasteiger partial charge in [-0.2, -0.15) is 0 Å². The van der Waals surface area contributed by atoms with Crippen molar-refractivity contribution in [2.24, 2.45) is 5.92 Å². The molecular weight excluding hydrogens is 282 g/mol. The number of carbonyl (C=O) groups is 2. The Morgan fingerprint density at radius 2 is 2.09 bits per heavy atom. The molecule has 1 unspecified atom stereocenters. The van der Waals surface area contributed by atoms with Crippen molar-refractivity contribution in [3.63, 3.8) is 0 Å². The van der Waals surface area contributed by atoms with Crippen LogP contribution in [0.3, 0.4) is 0 Å². The van der Waals surface area contributed by atoms with E-state index in [-0.39, 0.29) is 12.3 Å². The minimum absolute atomic E-state index is 0.0606. The number of aryl methyl sites for hydroxylation is 1. The van der Waals surface area contributed by atoms with E-state index in [4.69, 9.17) is 0 Å². The van der Waals surface area contributed by atoms with Crippen LogP contribution in [-0.2, 0) is 9.59 Å². The van der Waals surface area contributed by atoms with Gasteiger partial charge < -0.3 is 14.9 Å². The van der Waals surface area contributed by atoms with E-state index < -0.39 is 17.4 Å². The number of carbonyl (C=O) groups excluding carboxylic acids is 1. The topological polar surface area (TPSA) is 73.7 Å². The average Bonchev–Trinajstić information content (AvgIpc) is 2.74. The second kappa shape index (κ2) is 5.26. The minimum atomic E-state index is -0.861. The highest BCUT2D eigenvalue weighted by Crippen LogP contribution is 2.43. The van der Waals surface area contributed by atoms with Crippen LogP contribution in [0.15, 0.2) is 18.3 Å². The maximum Gasteiger partial charge on any atom is 0.309 e. The first kappa shape index (κ1) is 14.8. The first-order chi connectivity index (χ1) is 10.4. The Balaban J connectivity index is 1.80.